The first kappa shape index (κ1) is 13.0. The molecule has 0 aliphatic rings. The van der Waals surface area contributed by atoms with Crippen molar-refractivity contribution in [3.05, 3.63) is 28.2 Å². The smallest absolute Gasteiger partial charge is 0.335 e. The molecule has 0 aliphatic carbocycles. The Labute approximate surface area is 103 Å². The van der Waals surface area contributed by atoms with Gasteiger partial charge in [-0.2, -0.15) is 0 Å². The van der Waals surface area contributed by atoms with Crippen LogP contribution in [0.1, 0.15) is 10.4 Å². The zero-order valence-corrected chi connectivity index (χ0v) is 10.8. The molecule has 16 heavy (non-hydrogen) atoms. The fraction of sp³-hybridized carbons (Fsp3) is 0.364. The maximum absolute atomic E-state index is 10.8. The van der Waals surface area contributed by atoms with Crippen molar-refractivity contribution in [3.63, 3.8) is 0 Å². The van der Waals surface area contributed by atoms with Gasteiger partial charge in [0.05, 0.1) is 10.0 Å². The molecule has 0 saturated heterocycles. The minimum Gasteiger partial charge on any atom is -0.491 e. The van der Waals surface area contributed by atoms with Gasteiger partial charge in [0.1, 0.15) is 12.4 Å². The van der Waals surface area contributed by atoms with Crippen molar-refractivity contribution in [3.8, 4) is 5.75 Å². The van der Waals surface area contributed by atoms with E-state index in [0.29, 0.717) is 12.4 Å². The Balaban J connectivity index is 2.70. The second-order valence-electron chi connectivity index (χ2n) is 3.60. The van der Waals surface area contributed by atoms with E-state index < -0.39 is 5.97 Å². The number of likely N-dealkylation sites (N-methyl/N-ethyl adjacent to an activating group) is 1. The normalized spacial score (nSPS) is 10.5. The van der Waals surface area contributed by atoms with E-state index in [4.69, 9.17) is 9.84 Å². The number of benzene rings is 1. The van der Waals surface area contributed by atoms with E-state index in [1.165, 1.54) is 12.1 Å². The summed E-state index contributed by atoms with van der Waals surface area (Å²) in [6.45, 7) is 1.30. The molecule has 4 nitrogen and oxygen atoms in total. The van der Waals surface area contributed by atoms with Crippen LogP contribution in [0.5, 0.6) is 5.75 Å². The summed E-state index contributed by atoms with van der Waals surface area (Å²) in [6, 6.07) is 4.72. The molecule has 0 saturated carbocycles. The first-order chi connectivity index (χ1) is 7.50. The molecule has 1 N–H and O–H groups in total. The lowest BCUT2D eigenvalue weighted by Crippen LogP contribution is -2.19. The Bertz CT molecular complexity index is 379. The molecule has 5 heteroatoms. The standard InChI is InChI=1S/C11H14BrNO3/c1-13(2)5-6-16-10-7-8(11(14)15)3-4-9(10)12/h3-4,7H,5-6H2,1-2H3,(H,14,15). The summed E-state index contributed by atoms with van der Waals surface area (Å²) in [5.41, 5.74) is 0.225. The lowest BCUT2D eigenvalue weighted by Gasteiger charge is -2.12. The molecule has 0 bridgehead atoms. The highest BCUT2D eigenvalue weighted by molar-refractivity contribution is 9.10. The minimum absolute atomic E-state index is 0.225. The fourth-order valence-corrected chi connectivity index (χ4v) is 1.45. The number of carbonyl (C=O) groups is 1. The average Bonchev–Trinajstić information content (AvgIpc) is 2.20. The van der Waals surface area contributed by atoms with E-state index in [-0.39, 0.29) is 5.56 Å². The zero-order chi connectivity index (χ0) is 12.1. The zero-order valence-electron chi connectivity index (χ0n) is 9.24. The summed E-state index contributed by atoms with van der Waals surface area (Å²) in [5.74, 6) is -0.397. The molecule has 0 amide bonds. The molecular formula is C11H14BrNO3. The number of aromatic carboxylic acids is 1. The van der Waals surface area contributed by atoms with E-state index in [9.17, 15) is 4.79 Å². The van der Waals surface area contributed by atoms with Gasteiger partial charge in [-0.3, -0.25) is 0 Å². The molecule has 0 spiro atoms. The van der Waals surface area contributed by atoms with Gasteiger partial charge in [0.25, 0.3) is 0 Å². The average molecular weight is 288 g/mol. The monoisotopic (exact) mass is 287 g/mol. The van der Waals surface area contributed by atoms with Crippen LogP contribution in [0.25, 0.3) is 0 Å². The van der Waals surface area contributed by atoms with E-state index in [2.05, 4.69) is 15.9 Å². The van der Waals surface area contributed by atoms with Gasteiger partial charge in [0.2, 0.25) is 0 Å². The number of hydrogen-bond donors (Lipinski definition) is 1. The predicted octanol–water partition coefficient (Wildman–Crippen LogP) is 2.09. The molecule has 1 aromatic carbocycles. The summed E-state index contributed by atoms with van der Waals surface area (Å²) < 4.78 is 6.25. The van der Waals surface area contributed by atoms with Crippen LogP contribution >= 0.6 is 15.9 Å². The Morgan fingerprint density at radius 2 is 2.19 bits per heavy atom. The summed E-state index contributed by atoms with van der Waals surface area (Å²) in [7, 11) is 3.90. The van der Waals surface area contributed by atoms with Crippen molar-refractivity contribution in [2.45, 2.75) is 0 Å². The number of ether oxygens (including phenoxy) is 1. The molecule has 0 atom stereocenters. The highest BCUT2D eigenvalue weighted by Crippen LogP contribution is 2.26. The molecule has 88 valence electrons. The maximum atomic E-state index is 10.8. The lowest BCUT2D eigenvalue weighted by molar-refractivity contribution is 0.0696. The fourth-order valence-electron chi connectivity index (χ4n) is 1.09. The Morgan fingerprint density at radius 1 is 1.50 bits per heavy atom. The maximum Gasteiger partial charge on any atom is 0.335 e. The molecule has 0 heterocycles. The van der Waals surface area contributed by atoms with Crippen LogP contribution in [0.4, 0.5) is 0 Å². The number of hydrogen-bond acceptors (Lipinski definition) is 3. The number of rotatable bonds is 5. The Hall–Kier alpha value is -1.07. The van der Waals surface area contributed by atoms with E-state index in [0.717, 1.165) is 11.0 Å². The lowest BCUT2D eigenvalue weighted by atomic mass is 10.2. The second-order valence-corrected chi connectivity index (χ2v) is 4.46. The minimum atomic E-state index is -0.954. The summed E-state index contributed by atoms with van der Waals surface area (Å²) >= 11 is 3.32. The van der Waals surface area contributed by atoms with Gasteiger partial charge in [-0.15, -0.1) is 0 Å². The second kappa shape index (κ2) is 5.86. The highest BCUT2D eigenvalue weighted by atomic mass is 79.9. The number of halogens is 1. The summed E-state index contributed by atoms with van der Waals surface area (Å²) in [4.78, 5) is 12.8. The first-order valence-corrected chi connectivity index (χ1v) is 5.60. The molecule has 1 aromatic rings. The van der Waals surface area contributed by atoms with Gasteiger partial charge in [-0.25, -0.2) is 4.79 Å². The summed E-state index contributed by atoms with van der Waals surface area (Å²) in [5, 5.41) is 8.83. The van der Waals surface area contributed by atoms with Crippen molar-refractivity contribution in [1.29, 1.82) is 0 Å². The van der Waals surface area contributed by atoms with Gasteiger partial charge in [-0.1, -0.05) is 0 Å². The van der Waals surface area contributed by atoms with Gasteiger partial charge in [0, 0.05) is 6.54 Å². The summed E-state index contributed by atoms with van der Waals surface area (Å²) in [6.07, 6.45) is 0. The Morgan fingerprint density at radius 3 is 2.75 bits per heavy atom. The van der Waals surface area contributed by atoms with Gasteiger partial charge in [-0.05, 0) is 48.2 Å². The van der Waals surface area contributed by atoms with E-state index >= 15 is 0 Å². The quantitative estimate of drug-likeness (QED) is 0.901. The molecule has 0 aliphatic heterocycles. The van der Waals surface area contributed by atoms with Crippen molar-refractivity contribution in [2.24, 2.45) is 0 Å². The van der Waals surface area contributed by atoms with Crippen LogP contribution in [-0.4, -0.2) is 43.2 Å². The molecular weight excluding hydrogens is 274 g/mol. The van der Waals surface area contributed by atoms with Crippen LogP contribution in [-0.2, 0) is 0 Å². The van der Waals surface area contributed by atoms with Gasteiger partial charge >= 0.3 is 5.97 Å². The van der Waals surface area contributed by atoms with Crippen LogP contribution < -0.4 is 4.74 Å². The van der Waals surface area contributed by atoms with Crippen molar-refractivity contribution in [2.75, 3.05) is 27.2 Å². The molecule has 0 unspecified atom stereocenters. The third kappa shape index (κ3) is 3.83. The third-order valence-corrected chi connectivity index (χ3v) is 2.63. The van der Waals surface area contributed by atoms with Crippen molar-refractivity contribution >= 4 is 21.9 Å². The van der Waals surface area contributed by atoms with Crippen molar-refractivity contribution < 1.29 is 14.6 Å². The van der Waals surface area contributed by atoms with Gasteiger partial charge < -0.3 is 14.7 Å². The topological polar surface area (TPSA) is 49.8 Å². The number of carboxylic acid groups (broad SMARTS) is 1. The highest BCUT2D eigenvalue weighted by Gasteiger charge is 2.07. The Kier molecular flexibility index (Phi) is 4.76. The van der Waals surface area contributed by atoms with Crippen LogP contribution in [0.15, 0.2) is 22.7 Å². The SMILES string of the molecule is CN(C)CCOc1cc(C(=O)O)ccc1Br. The molecule has 0 aromatic heterocycles. The number of carboxylic acids is 1. The van der Waals surface area contributed by atoms with Crippen LogP contribution in [0, 0.1) is 0 Å². The molecule has 0 radical (unpaired) electrons. The van der Waals surface area contributed by atoms with E-state index in [1.54, 1.807) is 6.07 Å². The third-order valence-electron chi connectivity index (χ3n) is 1.97. The number of nitrogens with zero attached hydrogens (tertiary/aromatic N) is 1. The van der Waals surface area contributed by atoms with Gasteiger partial charge in [0.15, 0.2) is 0 Å². The molecule has 0 fully saturated rings. The first-order valence-electron chi connectivity index (χ1n) is 4.81. The van der Waals surface area contributed by atoms with E-state index in [1.807, 2.05) is 19.0 Å². The van der Waals surface area contributed by atoms with Crippen molar-refractivity contribution in [1.82, 2.24) is 4.90 Å². The molecule has 1 rings (SSSR count). The largest absolute Gasteiger partial charge is 0.491 e. The van der Waals surface area contributed by atoms with Crippen LogP contribution in [0.2, 0.25) is 0 Å². The van der Waals surface area contributed by atoms with Crippen LogP contribution in [0.3, 0.4) is 0 Å². The predicted molar refractivity (Wildman–Crippen MR) is 65.2 cm³/mol.